The monoisotopic (exact) mass is 416 g/mol. The molecule has 1 aromatic heterocycles. The van der Waals surface area contributed by atoms with Crippen LogP contribution in [0.4, 0.5) is 5.82 Å². The third kappa shape index (κ3) is 3.51. The third-order valence-electron chi connectivity index (χ3n) is 5.08. The van der Waals surface area contributed by atoms with E-state index in [1.807, 2.05) is 30.3 Å². The summed E-state index contributed by atoms with van der Waals surface area (Å²) >= 11 is 12.3. The molecule has 0 bridgehead atoms. The number of anilines is 1. The van der Waals surface area contributed by atoms with Crippen LogP contribution in [0.2, 0.25) is 10.0 Å². The highest BCUT2D eigenvalue weighted by Gasteiger charge is 2.28. The zero-order chi connectivity index (χ0) is 19.7. The lowest BCUT2D eigenvalue weighted by Gasteiger charge is -2.33. The SMILES string of the molecule is O=C(NO)C1CCCN(c2ncnc3cccc(-c4ccc(Cl)c(Cl)c4)c23)C1. The van der Waals surface area contributed by atoms with Crippen molar-refractivity contribution in [3.63, 3.8) is 0 Å². The Morgan fingerprint density at radius 1 is 1.18 bits per heavy atom. The topological polar surface area (TPSA) is 78.4 Å². The van der Waals surface area contributed by atoms with Crippen molar-refractivity contribution in [3.05, 3.63) is 52.8 Å². The molecule has 1 unspecified atom stereocenters. The number of rotatable bonds is 3. The zero-order valence-corrected chi connectivity index (χ0v) is 16.4. The van der Waals surface area contributed by atoms with Gasteiger partial charge in [-0.1, -0.05) is 41.4 Å². The minimum atomic E-state index is -0.368. The van der Waals surface area contributed by atoms with Crippen molar-refractivity contribution in [1.29, 1.82) is 0 Å². The summed E-state index contributed by atoms with van der Waals surface area (Å²) < 4.78 is 0. The fourth-order valence-electron chi connectivity index (χ4n) is 3.71. The van der Waals surface area contributed by atoms with Crippen LogP contribution in [0.5, 0.6) is 0 Å². The maximum absolute atomic E-state index is 11.9. The molecule has 0 spiro atoms. The Morgan fingerprint density at radius 3 is 2.82 bits per heavy atom. The fraction of sp³-hybridized carbons (Fsp3) is 0.250. The quantitative estimate of drug-likeness (QED) is 0.490. The van der Waals surface area contributed by atoms with Crippen molar-refractivity contribution >= 4 is 45.8 Å². The van der Waals surface area contributed by atoms with E-state index in [1.165, 1.54) is 6.33 Å². The average Bonchev–Trinajstić information content (AvgIpc) is 2.74. The van der Waals surface area contributed by atoms with Crippen molar-refractivity contribution in [3.8, 4) is 11.1 Å². The molecule has 2 aromatic carbocycles. The minimum Gasteiger partial charge on any atom is -0.355 e. The Hall–Kier alpha value is -2.41. The van der Waals surface area contributed by atoms with Crippen LogP contribution in [0.3, 0.4) is 0 Å². The molecule has 6 nitrogen and oxygen atoms in total. The summed E-state index contributed by atoms with van der Waals surface area (Å²) in [5.41, 5.74) is 4.43. The normalized spacial score (nSPS) is 17.0. The van der Waals surface area contributed by atoms with E-state index in [1.54, 1.807) is 11.5 Å². The zero-order valence-electron chi connectivity index (χ0n) is 14.9. The van der Waals surface area contributed by atoms with Crippen molar-refractivity contribution in [2.24, 2.45) is 5.92 Å². The van der Waals surface area contributed by atoms with Gasteiger partial charge in [0.05, 0.1) is 26.9 Å². The van der Waals surface area contributed by atoms with Gasteiger partial charge < -0.3 is 4.90 Å². The van der Waals surface area contributed by atoms with Crippen LogP contribution in [0.25, 0.3) is 22.0 Å². The second-order valence-electron chi connectivity index (χ2n) is 6.79. The molecule has 2 heterocycles. The average molecular weight is 417 g/mol. The predicted molar refractivity (Wildman–Crippen MR) is 110 cm³/mol. The van der Waals surface area contributed by atoms with Gasteiger partial charge in [0.25, 0.3) is 0 Å². The number of amides is 1. The number of piperidine rings is 1. The molecule has 1 aliphatic rings. The molecule has 28 heavy (non-hydrogen) atoms. The van der Waals surface area contributed by atoms with Gasteiger partial charge in [-0.2, -0.15) is 0 Å². The summed E-state index contributed by atoms with van der Waals surface area (Å²) in [5.74, 6) is 0.107. The highest BCUT2D eigenvalue weighted by molar-refractivity contribution is 6.42. The molecule has 1 aliphatic heterocycles. The lowest BCUT2D eigenvalue weighted by atomic mass is 9.96. The van der Waals surface area contributed by atoms with Gasteiger partial charge in [0.1, 0.15) is 12.1 Å². The number of halogens is 2. The van der Waals surface area contributed by atoms with Gasteiger partial charge in [-0.3, -0.25) is 10.0 Å². The first-order valence-electron chi connectivity index (χ1n) is 8.96. The number of aromatic nitrogens is 2. The van der Waals surface area contributed by atoms with Crippen LogP contribution < -0.4 is 10.4 Å². The lowest BCUT2D eigenvalue weighted by Crippen LogP contribution is -2.42. The maximum Gasteiger partial charge on any atom is 0.248 e. The molecule has 4 rings (SSSR count). The van der Waals surface area contributed by atoms with Gasteiger partial charge in [0.15, 0.2) is 0 Å². The van der Waals surface area contributed by atoms with Crippen LogP contribution in [-0.4, -0.2) is 34.2 Å². The van der Waals surface area contributed by atoms with E-state index in [0.29, 0.717) is 16.6 Å². The molecule has 144 valence electrons. The molecule has 0 saturated carbocycles. The molecule has 2 N–H and O–H groups in total. The van der Waals surface area contributed by atoms with E-state index in [-0.39, 0.29) is 11.8 Å². The molecule has 1 amide bonds. The molecular formula is C20H18Cl2N4O2. The number of hydroxylamine groups is 1. The van der Waals surface area contributed by atoms with Crippen LogP contribution in [-0.2, 0) is 4.79 Å². The molecule has 8 heteroatoms. The maximum atomic E-state index is 11.9. The van der Waals surface area contributed by atoms with E-state index in [0.717, 1.165) is 47.2 Å². The van der Waals surface area contributed by atoms with Crippen molar-refractivity contribution < 1.29 is 10.0 Å². The summed E-state index contributed by atoms with van der Waals surface area (Å²) in [4.78, 5) is 23.0. The number of fused-ring (bicyclic) bond motifs is 1. The largest absolute Gasteiger partial charge is 0.355 e. The second-order valence-corrected chi connectivity index (χ2v) is 7.60. The molecular weight excluding hydrogens is 399 g/mol. The highest BCUT2D eigenvalue weighted by atomic mass is 35.5. The lowest BCUT2D eigenvalue weighted by molar-refractivity contribution is -0.133. The molecule has 3 aromatic rings. The summed E-state index contributed by atoms with van der Waals surface area (Å²) in [5, 5.41) is 10.9. The number of nitrogens with one attached hydrogen (secondary N) is 1. The summed E-state index contributed by atoms with van der Waals surface area (Å²) in [6, 6.07) is 11.4. The Morgan fingerprint density at radius 2 is 2.04 bits per heavy atom. The van der Waals surface area contributed by atoms with Crippen LogP contribution >= 0.6 is 23.2 Å². The smallest absolute Gasteiger partial charge is 0.248 e. The number of benzene rings is 2. The second kappa shape index (κ2) is 7.91. The first kappa shape index (κ1) is 18.9. The minimum absolute atomic E-state index is 0.291. The van der Waals surface area contributed by atoms with Crippen LogP contribution in [0.15, 0.2) is 42.7 Å². The number of carbonyl (C=O) groups is 1. The summed E-state index contributed by atoms with van der Waals surface area (Å²) in [6.45, 7) is 1.26. The van der Waals surface area contributed by atoms with Crippen LogP contribution in [0.1, 0.15) is 12.8 Å². The summed E-state index contributed by atoms with van der Waals surface area (Å²) in [6.07, 6.45) is 3.09. The predicted octanol–water partition coefficient (Wildman–Crippen LogP) is 4.33. The van der Waals surface area contributed by atoms with Gasteiger partial charge >= 0.3 is 0 Å². The van der Waals surface area contributed by atoms with E-state index >= 15 is 0 Å². The molecule has 1 saturated heterocycles. The van der Waals surface area contributed by atoms with Gasteiger partial charge in [0, 0.05) is 13.1 Å². The first-order valence-corrected chi connectivity index (χ1v) is 9.72. The molecule has 0 aliphatic carbocycles. The molecule has 0 radical (unpaired) electrons. The van der Waals surface area contributed by atoms with E-state index in [2.05, 4.69) is 14.9 Å². The summed E-state index contributed by atoms with van der Waals surface area (Å²) in [7, 11) is 0. The Bertz CT molecular complexity index is 1040. The van der Waals surface area contributed by atoms with Crippen molar-refractivity contribution in [2.75, 3.05) is 18.0 Å². The Balaban J connectivity index is 1.83. The number of hydrogen-bond donors (Lipinski definition) is 2. The van der Waals surface area contributed by atoms with Gasteiger partial charge in [-0.15, -0.1) is 0 Å². The Kier molecular flexibility index (Phi) is 5.35. The van der Waals surface area contributed by atoms with E-state index in [4.69, 9.17) is 28.4 Å². The van der Waals surface area contributed by atoms with Crippen molar-refractivity contribution in [2.45, 2.75) is 12.8 Å². The number of hydrogen-bond acceptors (Lipinski definition) is 5. The van der Waals surface area contributed by atoms with Crippen molar-refractivity contribution in [1.82, 2.24) is 15.4 Å². The van der Waals surface area contributed by atoms with Gasteiger partial charge in [-0.25, -0.2) is 15.4 Å². The Labute approximate surface area is 172 Å². The van der Waals surface area contributed by atoms with Crippen LogP contribution in [0, 0.1) is 5.92 Å². The standard InChI is InChI=1S/C20H18Cl2N4O2/c21-15-7-6-12(9-16(15)22)14-4-1-5-17-18(14)19(24-11-23-17)26-8-2-3-13(10-26)20(27)25-28/h1,4-7,9,11,13,28H,2-3,8,10H2,(H,25,27). The van der Waals surface area contributed by atoms with Gasteiger partial charge in [-0.05, 0) is 42.2 Å². The molecule has 1 atom stereocenters. The van der Waals surface area contributed by atoms with E-state index < -0.39 is 0 Å². The third-order valence-corrected chi connectivity index (χ3v) is 5.81. The first-order chi connectivity index (χ1) is 13.6. The van der Waals surface area contributed by atoms with E-state index in [9.17, 15) is 4.79 Å². The number of carbonyl (C=O) groups excluding carboxylic acids is 1. The van der Waals surface area contributed by atoms with Gasteiger partial charge in [0.2, 0.25) is 5.91 Å². The highest BCUT2D eigenvalue weighted by Crippen LogP contribution is 2.37. The fourth-order valence-corrected chi connectivity index (χ4v) is 4.01. The molecule has 1 fully saturated rings. The number of nitrogens with zero attached hydrogens (tertiary/aromatic N) is 3.